The minimum Gasteiger partial charge on any atom is -0.365 e. The van der Waals surface area contributed by atoms with Crippen molar-refractivity contribution in [2.45, 2.75) is 20.3 Å². The van der Waals surface area contributed by atoms with Crippen LogP contribution in [0.5, 0.6) is 0 Å². The number of carbonyl (C=O) groups is 1. The van der Waals surface area contributed by atoms with Crippen LogP contribution in [0.3, 0.4) is 0 Å². The summed E-state index contributed by atoms with van der Waals surface area (Å²) in [4.78, 5) is 17.8. The summed E-state index contributed by atoms with van der Waals surface area (Å²) in [5.74, 6) is 0.692. The van der Waals surface area contributed by atoms with Gasteiger partial charge in [0.15, 0.2) is 0 Å². The third-order valence-corrected chi connectivity index (χ3v) is 2.57. The van der Waals surface area contributed by atoms with Crippen molar-refractivity contribution in [1.29, 1.82) is 0 Å². The molecule has 0 aromatic carbocycles. The molecule has 0 unspecified atom stereocenters. The number of aromatic nitrogens is 1. The zero-order chi connectivity index (χ0) is 13.5. The second kappa shape index (κ2) is 6.96. The zero-order valence-electron chi connectivity index (χ0n) is 11.1. The lowest BCUT2D eigenvalue weighted by Crippen LogP contribution is -2.32. The Morgan fingerprint density at radius 1 is 1.50 bits per heavy atom. The second-order valence-corrected chi connectivity index (χ2v) is 4.72. The summed E-state index contributed by atoms with van der Waals surface area (Å²) in [5, 5.41) is 0. The molecule has 18 heavy (non-hydrogen) atoms. The first-order chi connectivity index (χ1) is 8.56. The molecule has 0 aliphatic carbocycles. The Kier molecular flexibility index (Phi) is 5.58. The number of anilines is 1. The largest absolute Gasteiger partial charge is 0.365 e. The highest BCUT2D eigenvalue weighted by molar-refractivity contribution is 5.97. The number of rotatable bonds is 7. The average molecular weight is 250 g/mol. The molecule has 0 saturated carbocycles. The molecule has 0 bridgehead atoms. The van der Waals surface area contributed by atoms with Crippen LogP contribution in [-0.4, -0.2) is 30.5 Å². The van der Waals surface area contributed by atoms with Crippen molar-refractivity contribution in [3.8, 4) is 0 Å². The first-order valence-electron chi connectivity index (χ1n) is 6.26. The zero-order valence-corrected chi connectivity index (χ0v) is 11.1. The fourth-order valence-corrected chi connectivity index (χ4v) is 1.85. The number of nitrogens with two attached hydrogens (primary N) is 2. The Morgan fingerprint density at radius 3 is 2.78 bits per heavy atom. The summed E-state index contributed by atoms with van der Waals surface area (Å²) < 4.78 is 0. The molecule has 100 valence electrons. The van der Waals surface area contributed by atoms with Gasteiger partial charge in [0.25, 0.3) is 5.91 Å². The third-order valence-electron chi connectivity index (χ3n) is 2.57. The molecule has 1 aromatic heterocycles. The van der Waals surface area contributed by atoms with Gasteiger partial charge in [-0.25, -0.2) is 4.98 Å². The molecule has 1 aromatic rings. The highest BCUT2D eigenvalue weighted by atomic mass is 16.1. The maximum Gasteiger partial charge on any atom is 0.252 e. The smallest absolute Gasteiger partial charge is 0.252 e. The molecule has 0 saturated heterocycles. The predicted octanol–water partition coefficient (Wildman–Crippen LogP) is 0.992. The Bertz CT molecular complexity index is 392. The number of nitrogens with zero attached hydrogens (tertiary/aromatic N) is 2. The van der Waals surface area contributed by atoms with Crippen molar-refractivity contribution < 1.29 is 4.79 Å². The molecular weight excluding hydrogens is 228 g/mol. The van der Waals surface area contributed by atoms with E-state index in [9.17, 15) is 4.79 Å². The molecule has 0 aliphatic rings. The molecule has 5 heteroatoms. The van der Waals surface area contributed by atoms with Crippen molar-refractivity contribution >= 4 is 11.7 Å². The van der Waals surface area contributed by atoms with E-state index in [4.69, 9.17) is 11.5 Å². The van der Waals surface area contributed by atoms with Crippen molar-refractivity contribution in [3.63, 3.8) is 0 Å². The fourth-order valence-electron chi connectivity index (χ4n) is 1.85. The fraction of sp³-hybridized carbons (Fsp3) is 0.538. The van der Waals surface area contributed by atoms with Crippen LogP contribution in [0.15, 0.2) is 18.3 Å². The minimum atomic E-state index is -0.445. The highest BCUT2D eigenvalue weighted by Gasteiger charge is 2.16. The van der Waals surface area contributed by atoms with Gasteiger partial charge in [-0.1, -0.05) is 13.8 Å². The van der Waals surface area contributed by atoms with E-state index in [0.29, 0.717) is 23.8 Å². The summed E-state index contributed by atoms with van der Waals surface area (Å²) in [5.41, 5.74) is 11.4. The molecule has 5 nitrogen and oxygen atoms in total. The Morgan fingerprint density at radius 2 is 2.22 bits per heavy atom. The Labute approximate surface area is 108 Å². The summed E-state index contributed by atoms with van der Waals surface area (Å²) in [7, 11) is 0. The number of hydrogen-bond acceptors (Lipinski definition) is 4. The van der Waals surface area contributed by atoms with Crippen molar-refractivity contribution in [1.82, 2.24) is 4.98 Å². The van der Waals surface area contributed by atoms with Crippen molar-refractivity contribution in [3.05, 3.63) is 23.9 Å². The van der Waals surface area contributed by atoms with Crippen LogP contribution in [0.2, 0.25) is 0 Å². The van der Waals surface area contributed by atoms with Gasteiger partial charge < -0.3 is 16.4 Å². The summed E-state index contributed by atoms with van der Waals surface area (Å²) >= 11 is 0. The molecule has 0 radical (unpaired) electrons. The topological polar surface area (TPSA) is 85.2 Å². The maximum absolute atomic E-state index is 11.4. The van der Waals surface area contributed by atoms with Crippen LogP contribution in [-0.2, 0) is 0 Å². The quantitative estimate of drug-likeness (QED) is 0.755. The van der Waals surface area contributed by atoms with Gasteiger partial charge in [-0.05, 0) is 31.0 Å². The summed E-state index contributed by atoms with van der Waals surface area (Å²) in [6, 6.07) is 3.43. The summed E-state index contributed by atoms with van der Waals surface area (Å²) in [6.07, 6.45) is 2.54. The van der Waals surface area contributed by atoms with Gasteiger partial charge in [0, 0.05) is 19.3 Å². The Balaban J connectivity index is 2.99. The Hall–Kier alpha value is -1.62. The predicted molar refractivity (Wildman–Crippen MR) is 73.5 cm³/mol. The van der Waals surface area contributed by atoms with E-state index >= 15 is 0 Å². The lowest BCUT2D eigenvalue weighted by atomic mass is 10.1. The van der Waals surface area contributed by atoms with E-state index in [1.54, 1.807) is 18.3 Å². The monoisotopic (exact) mass is 250 g/mol. The van der Waals surface area contributed by atoms with Gasteiger partial charge >= 0.3 is 0 Å². The lowest BCUT2D eigenvalue weighted by molar-refractivity contribution is 0.100. The number of hydrogen-bond donors (Lipinski definition) is 2. The van der Waals surface area contributed by atoms with Crippen LogP contribution in [0, 0.1) is 5.92 Å². The SMILES string of the molecule is CC(C)CN(CCCN)c1ncccc1C(N)=O. The van der Waals surface area contributed by atoms with Crippen LogP contribution < -0.4 is 16.4 Å². The molecule has 1 amide bonds. The van der Waals surface area contributed by atoms with Gasteiger partial charge in [-0.2, -0.15) is 0 Å². The van der Waals surface area contributed by atoms with Crippen LogP contribution in [0.25, 0.3) is 0 Å². The molecule has 0 spiro atoms. The first-order valence-corrected chi connectivity index (χ1v) is 6.26. The van der Waals surface area contributed by atoms with Gasteiger partial charge in [0.1, 0.15) is 5.82 Å². The molecule has 0 aliphatic heterocycles. The van der Waals surface area contributed by atoms with E-state index in [-0.39, 0.29) is 0 Å². The van der Waals surface area contributed by atoms with Gasteiger partial charge in [-0.15, -0.1) is 0 Å². The molecule has 0 atom stereocenters. The van der Waals surface area contributed by atoms with E-state index in [2.05, 4.69) is 23.7 Å². The minimum absolute atomic E-state index is 0.445. The van der Waals surface area contributed by atoms with Crippen molar-refractivity contribution in [2.24, 2.45) is 17.4 Å². The number of primary amides is 1. The van der Waals surface area contributed by atoms with Crippen LogP contribution >= 0.6 is 0 Å². The van der Waals surface area contributed by atoms with E-state index in [1.165, 1.54) is 0 Å². The third kappa shape index (κ3) is 4.00. The molecular formula is C13H22N4O. The standard InChI is InChI=1S/C13H22N4O/c1-10(2)9-17(8-4-6-14)13-11(12(15)18)5-3-7-16-13/h3,5,7,10H,4,6,8-9,14H2,1-2H3,(H2,15,18). The van der Waals surface area contributed by atoms with Gasteiger partial charge in [-0.3, -0.25) is 4.79 Å². The number of amides is 1. The molecule has 1 rings (SSSR count). The molecule has 0 fully saturated rings. The maximum atomic E-state index is 11.4. The van der Waals surface area contributed by atoms with Gasteiger partial charge in [0.05, 0.1) is 5.56 Å². The van der Waals surface area contributed by atoms with E-state index in [1.807, 2.05) is 0 Å². The second-order valence-electron chi connectivity index (χ2n) is 4.72. The van der Waals surface area contributed by atoms with Crippen molar-refractivity contribution in [2.75, 3.05) is 24.5 Å². The first kappa shape index (κ1) is 14.4. The number of pyridine rings is 1. The molecule has 4 N–H and O–H groups in total. The average Bonchev–Trinajstić information content (AvgIpc) is 2.34. The van der Waals surface area contributed by atoms with Gasteiger partial charge in [0.2, 0.25) is 0 Å². The van der Waals surface area contributed by atoms with E-state index in [0.717, 1.165) is 19.5 Å². The van der Waals surface area contributed by atoms with E-state index < -0.39 is 5.91 Å². The van der Waals surface area contributed by atoms with Crippen LogP contribution in [0.4, 0.5) is 5.82 Å². The lowest BCUT2D eigenvalue weighted by Gasteiger charge is -2.26. The highest BCUT2D eigenvalue weighted by Crippen LogP contribution is 2.18. The molecule has 1 heterocycles. The normalized spacial score (nSPS) is 10.7. The summed E-state index contributed by atoms with van der Waals surface area (Å²) in [6.45, 7) is 6.49. The van der Waals surface area contributed by atoms with Crippen LogP contribution in [0.1, 0.15) is 30.6 Å². The number of carbonyl (C=O) groups excluding carboxylic acids is 1.